The highest BCUT2D eigenvalue weighted by Gasteiger charge is 2.37. The largest absolute Gasteiger partial charge is 0.316 e. The summed E-state index contributed by atoms with van der Waals surface area (Å²) in [6.45, 7) is 13.8. The van der Waals surface area contributed by atoms with E-state index in [1.54, 1.807) is 5.56 Å². The number of benzene rings is 1. The van der Waals surface area contributed by atoms with Crippen molar-refractivity contribution in [1.29, 1.82) is 0 Å². The highest BCUT2D eigenvalue weighted by atomic mass is 15.0. The minimum Gasteiger partial charge on any atom is -0.316 e. The Morgan fingerprint density at radius 1 is 1.11 bits per heavy atom. The zero-order valence-corrected chi connectivity index (χ0v) is 12.6. The van der Waals surface area contributed by atoms with E-state index in [2.05, 4.69) is 52.1 Å². The molecule has 0 spiro atoms. The van der Waals surface area contributed by atoms with Crippen LogP contribution in [0.5, 0.6) is 0 Å². The molecule has 0 unspecified atom stereocenters. The molecule has 0 radical (unpaired) electrons. The maximum absolute atomic E-state index is 3.48. The van der Waals surface area contributed by atoms with E-state index in [9.17, 15) is 0 Å². The van der Waals surface area contributed by atoms with Gasteiger partial charge in [0.05, 0.1) is 0 Å². The van der Waals surface area contributed by atoms with Crippen LogP contribution in [0.25, 0.3) is 0 Å². The molecule has 0 amide bonds. The maximum Gasteiger partial charge on any atom is 0.00235 e. The third kappa shape index (κ3) is 2.77. The van der Waals surface area contributed by atoms with Gasteiger partial charge < -0.3 is 5.32 Å². The zero-order chi connectivity index (χ0) is 13.3. The molecule has 1 aromatic carbocycles. The number of rotatable bonds is 4. The summed E-state index contributed by atoms with van der Waals surface area (Å²) >= 11 is 0. The molecule has 1 aliphatic heterocycles. The lowest BCUT2D eigenvalue weighted by Crippen LogP contribution is -2.55. The Hall–Kier alpha value is -0.820. The zero-order valence-electron chi connectivity index (χ0n) is 12.6. The molecule has 1 aromatic rings. The predicted octanol–water partition coefficient (Wildman–Crippen LogP) is 3.79. The first-order valence-corrected chi connectivity index (χ1v) is 7.19. The summed E-state index contributed by atoms with van der Waals surface area (Å²) in [6, 6.07) is 4.66. The molecule has 2 rings (SSSR count). The van der Waals surface area contributed by atoms with Gasteiger partial charge in [0.2, 0.25) is 0 Å². The minimum absolute atomic E-state index is 0.513. The van der Waals surface area contributed by atoms with Crippen LogP contribution in [0.3, 0.4) is 0 Å². The van der Waals surface area contributed by atoms with Crippen molar-refractivity contribution in [3.8, 4) is 0 Å². The van der Waals surface area contributed by atoms with Crippen LogP contribution in [-0.2, 0) is 6.42 Å². The third-order valence-electron chi connectivity index (χ3n) is 4.23. The Balaban J connectivity index is 2.22. The molecule has 0 aliphatic carbocycles. The van der Waals surface area contributed by atoms with E-state index >= 15 is 0 Å². The lowest BCUT2D eigenvalue weighted by atomic mass is 9.70. The molecular formula is C17H27N. The molecule has 1 N–H and O–H groups in total. The second-order valence-electron chi connectivity index (χ2n) is 6.76. The van der Waals surface area contributed by atoms with Crippen molar-refractivity contribution in [3.63, 3.8) is 0 Å². The fourth-order valence-corrected chi connectivity index (χ4v) is 3.55. The quantitative estimate of drug-likeness (QED) is 0.851. The molecule has 0 saturated carbocycles. The summed E-state index contributed by atoms with van der Waals surface area (Å²) in [7, 11) is 0. The van der Waals surface area contributed by atoms with Crippen LogP contribution in [0, 0.1) is 32.1 Å². The van der Waals surface area contributed by atoms with Gasteiger partial charge in [-0.2, -0.15) is 0 Å². The standard InChI is InChI=1S/C17H27N/c1-12(2)8-17(10-18-11-17)9-16-14(4)6-13(3)7-15(16)5/h6-7,12,18H,8-11H2,1-5H3. The lowest BCUT2D eigenvalue weighted by Gasteiger charge is -2.45. The third-order valence-corrected chi connectivity index (χ3v) is 4.23. The second kappa shape index (κ2) is 5.05. The molecule has 1 aliphatic rings. The summed E-state index contributed by atoms with van der Waals surface area (Å²) in [5.74, 6) is 0.790. The van der Waals surface area contributed by atoms with Crippen molar-refractivity contribution < 1.29 is 0 Å². The fourth-order valence-electron chi connectivity index (χ4n) is 3.55. The van der Waals surface area contributed by atoms with Gasteiger partial charge in [0.15, 0.2) is 0 Å². The van der Waals surface area contributed by atoms with E-state index in [1.165, 1.54) is 42.6 Å². The average Bonchev–Trinajstić information content (AvgIpc) is 2.18. The highest BCUT2D eigenvalue weighted by molar-refractivity contribution is 5.38. The van der Waals surface area contributed by atoms with E-state index < -0.39 is 0 Å². The molecule has 1 heteroatoms. The summed E-state index contributed by atoms with van der Waals surface area (Å²) in [4.78, 5) is 0. The predicted molar refractivity (Wildman–Crippen MR) is 79.1 cm³/mol. The van der Waals surface area contributed by atoms with Crippen LogP contribution in [0.1, 0.15) is 42.5 Å². The van der Waals surface area contributed by atoms with Crippen molar-refractivity contribution in [1.82, 2.24) is 5.32 Å². The van der Waals surface area contributed by atoms with Gasteiger partial charge in [0.25, 0.3) is 0 Å². The molecule has 1 heterocycles. The van der Waals surface area contributed by atoms with Crippen molar-refractivity contribution >= 4 is 0 Å². The molecule has 1 fully saturated rings. The molecule has 18 heavy (non-hydrogen) atoms. The summed E-state index contributed by atoms with van der Waals surface area (Å²) in [5, 5.41) is 3.48. The molecule has 1 nitrogen and oxygen atoms in total. The first-order chi connectivity index (χ1) is 8.42. The summed E-state index contributed by atoms with van der Waals surface area (Å²) in [5.41, 5.74) is 6.44. The number of aryl methyl sites for hydroxylation is 3. The van der Waals surface area contributed by atoms with Crippen LogP contribution in [-0.4, -0.2) is 13.1 Å². The van der Waals surface area contributed by atoms with E-state index in [4.69, 9.17) is 0 Å². The van der Waals surface area contributed by atoms with E-state index in [-0.39, 0.29) is 0 Å². The SMILES string of the molecule is Cc1cc(C)c(CC2(CC(C)C)CNC2)c(C)c1. The van der Waals surface area contributed by atoms with Crippen LogP contribution in [0.2, 0.25) is 0 Å². The molecule has 0 bridgehead atoms. The Morgan fingerprint density at radius 2 is 1.67 bits per heavy atom. The molecule has 0 aromatic heterocycles. The molecule has 1 saturated heterocycles. The van der Waals surface area contributed by atoms with Gasteiger partial charge >= 0.3 is 0 Å². The Kier molecular flexibility index (Phi) is 3.82. The molecular weight excluding hydrogens is 218 g/mol. The smallest absolute Gasteiger partial charge is 0.00235 e. The first-order valence-electron chi connectivity index (χ1n) is 7.19. The van der Waals surface area contributed by atoms with Gasteiger partial charge in [0, 0.05) is 13.1 Å². The van der Waals surface area contributed by atoms with Crippen molar-refractivity contribution in [3.05, 3.63) is 34.4 Å². The van der Waals surface area contributed by atoms with Crippen LogP contribution < -0.4 is 5.32 Å². The average molecular weight is 245 g/mol. The van der Waals surface area contributed by atoms with E-state index in [1.807, 2.05) is 0 Å². The Labute approximate surface area is 112 Å². The second-order valence-corrected chi connectivity index (χ2v) is 6.76. The topological polar surface area (TPSA) is 12.0 Å². The normalized spacial score (nSPS) is 17.9. The number of nitrogens with one attached hydrogen (secondary N) is 1. The molecule has 100 valence electrons. The fraction of sp³-hybridized carbons (Fsp3) is 0.647. The van der Waals surface area contributed by atoms with Crippen LogP contribution >= 0.6 is 0 Å². The monoisotopic (exact) mass is 245 g/mol. The van der Waals surface area contributed by atoms with Gasteiger partial charge in [-0.3, -0.25) is 0 Å². The summed E-state index contributed by atoms with van der Waals surface area (Å²) in [6.07, 6.45) is 2.59. The van der Waals surface area contributed by atoms with Crippen molar-refractivity contribution in [2.24, 2.45) is 11.3 Å². The van der Waals surface area contributed by atoms with E-state index in [0.29, 0.717) is 5.41 Å². The van der Waals surface area contributed by atoms with E-state index in [0.717, 1.165) is 5.92 Å². The Morgan fingerprint density at radius 3 is 2.06 bits per heavy atom. The molecule has 0 atom stereocenters. The minimum atomic E-state index is 0.513. The lowest BCUT2D eigenvalue weighted by molar-refractivity contribution is 0.130. The van der Waals surface area contributed by atoms with Crippen LogP contribution in [0.15, 0.2) is 12.1 Å². The van der Waals surface area contributed by atoms with Crippen molar-refractivity contribution in [2.75, 3.05) is 13.1 Å². The Bertz CT molecular complexity index is 404. The highest BCUT2D eigenvalue weighted by Crippen LogP contribution is 2.36. The first kappa shape index (κ1) is 13.6. The maximum atomic E-state index is 3.48. The van der Waals surface area contributed by atoms with Gasteiger partial charge in [-0.25, -0.2) is 0 Å². The van der Waals surface area contributed by atoms with Crippen LogP contribution in [0.4, 0.5) is 0 Å². The summed E-state index contributed by atoms with van der Waals surface area (Å²) < 4.78 is 0. The van der Waals surface area contributed by atoms with Gasteiger partial charge in [-0.15, -0.1) is 0 Å². The van der Waals surface area contributed by atoms with Crippen molar-refractivity contribution in [2.45, 2.75) is 47.5 Å². The van der Waals surface area contributed by atoms with Gasteiger partial charge in [-0.1, -0.05) is 31.5 Å². The number of hydrogen-bond acceptors (Lipinski definition) is 1. The number of hydrogen-bond donors (Lipinski definition) is 1. The van der Waals surface area contributed by atoms with Gasteiger partial charge in [-0.05, 0) is 61.6 Å². The van der Waals surface area contributed by atoms with Gasteiger partial charge in [0.1, 0.15) is 0 Å².